The fourth-order valence-electron chi connectivity index (χ4n) is 7.51. The van der Waals surface area contributed by atoms with E-state index < -0.39 is 14.3 Å². The van der Waals surface area contributed by atoms with Gasteiger partial charge in [-0.2, -0.15) is 0 Å². The molecule has 1 aliphatic carbocycles. The van der Waals surface area contributed by atoms with E-state index in [1.807, 2.05) is 128 Å². The monoisotopic (exact) mass is 674 g/mol. The van der Waals surface area contributed by atoms with Crippen molar-refractivity contribution in [2.24, 2.45) is 5.92 Å². The Morgan fingerprint density at radius 2 is 1.02 bits per heavy atom. The van der Waals surface area contributed by atoms with E-state index in [1.54, 1.807) is 0 Å². The molecule has 4 heteroatoms. The molecule has 0 bridgehead atoms. The number of hydrogen-bond acceptors (Lipinski definition) is 2. The van der Waals surface area contributed by atoms with Crippen LogP contribution < -0.4 is 26.5 Å². The van der Waals surface area contributed by atoms with Crippen molar-refractivity contribution in [1.82, 2.24) is 0 Å². The summed E-state index contributed by atoms with van der Waals surface area (Å²) in [7, 11) is -6.90. The van der Waals surface area contributed by atoms with Gasteiger partial charge in [-0.15, -0.1) is 0 Å². The number of allylic oxidation sites excluding steroid dienone is 2. The second-order valence-corrected chi connectivity index (χ2v) is 18.2. The van der Waals surface area contributed by atoms with Crippen molar-refractivity contribution in [2.75, 3.05) is 0 Å². The maximum absolute atomic E-state index is 16.5. The minimum absolute atomic E-state index is 0.0594. The first-order valence-electron chi connectivity index (χ1n) is 16.9. The summed E-state index contributed by atoms with van der Waals surface area (Å²) < 4.78 is 32.8. The van der Waals surface area contributed by atoms with Crippen molar-refractivity contribution in [3.8, 4) is 0 Å². The summed E-state index contributed by atoms with van der Waals surface area (Å²) in [6.07, 6.45) is 4.95. The lowest BCUT2D eigenvalue weighted by Crippen LogP contribution is -2.30. The summed E-state index contributed by atoms with van der Waals surface area (Å²) in [5.41, 5.74) is 6.15. The molecule has 0 spiro atoms. The van der Waals surface area contributed by atoms with E-state index in [0.717, 1.165) is 66.1 Å². The Morgan fingerprint density at radius 1 is 0.571 bits per heavy atom. The molecule has 242 valence electrons. The van der Waals surface area contributed by atoms with Gasteiger partial charge in [0.15, 0.2) is 14.3 Å². The van der Waals surface area contributed by atoms with Gasteiger partial charge in [-0.05, 0) is 60.1 Å². The lowest BCUT2D eigenvalue weighted by Gasteiger charge is -2.36. The van der Waals surface area contributed by atoms with E-state index in [9.17, 15) is 0 Å². The molecule has 1 unspecified atom stereocenters. The van der Waals surface area contributed by atoms with Crippen LogP contribution in [0.3, 0.4) is 0 Å². The van der Waals surface area contributed by atoms with E-state index in [-0.39, 0.29) is 5.92 Å². The Kier molecular flexibility index (Phi) is 9.13. The molecule has 7 rings (SSSR count). The lowest BCUT2D eigenvalue weighted by molar-refractivity contribution is 0.582. The van der Waals surface area contributed by atoms with Gasteiger partial charge in [0.2, 0.25) is 0 Å². The first-order chi connectivity index (χ1) is 23.9. The van der Waals surface area contributed by atoms with Gasteiger partial charge in [-0.3, -0.25) is 0 Å². The van der Waals surface area contributed by atoms with Crippen LogP contribution in [0.4, 0.5) is 0 Å². The minimum atomic E-state index is -3.46. The number of fused-ring (bicyclic) bond motifs is 1. The molecule has 6 aromatic rings. The number of aryl methyl sites for hydroxylation is 1. The van der Waals surface area contributed by atoms with Crippen molar-refractivity contribution >= 4 is 52.5 Å². The van der Waals surface area contributed by atoms with E-state index in [1.165, 1.54) is 5.56 Å². The first-order valence-corrected chi connectivity index (χ1v) is 20.3. The minimum Gasteiger partial charge on any atom is -0.309 e. The van der Waals surface area contributed by atoms with Gasteiger partial charge >= 0.3 is 0 Å². The summed E-state index contributed by atoms with van der Waals surface area (Å²) in [6.45, 7) is 6.35. The number of benzene rings is 6. The highest BCUT2D eigenvalue weighted by molar-refractivity contribution is 7.85. The highest BCUT2D eigenvalue weighted by Crippen LogP contribution is 2.61. The predicted octanol–water partition coefficient (Wildman–Crippen LogP) is 9.63. The van der Waals surface area contributed by atoms with Gasteiger partial charge < -0.3 is 9.13 Å². The highest BCUT2D eigenvalue weighted by Gasteiger charge is 2.43. The summed E-state index contributed by atoms with van der Waals surface area (Å²) in [4.78, 5) is 0. The van der Waals surface area contributed by atoms with Gasteiger partial charge in [0.25, 0.3) is 0 Å². The van der Waals surface area contributed by atoms with Crippen LogP contribution in [-0.4, -0.2) is 0 Å². The molecule has 0 aromatic heterocycles. The van der Waals surface area contributed by atoms with Gasteiger partial charge in [-0.1, -0.05) is 171 Å². The SMILES string of the molecule is C/C=C\c1c(C)ccc(P(=O)(c2ccccc2)c2ccccc2)c1C1=C(P(=O)(c2ccccc2)c2ccccc2)C(C)Cc2ccccc21. The molecule has 0 N–H and O–H groups in total. The molecular formula is C45H40O2P2. The fraction of sp³-hybridized carbons (Fsp3) is 0.111. The van der Waals surface area contributed by atoms with Crippen LogP contribution in [0.1, 0.15) is 41.7 Å². The second kappa shape index (κ2) is 13.6. The van der Waals surface area contributed by atoms with Gasteiger partial charge in [0, 0.05) is 37.4 Å². The average molecular weight is 675 g/mol. The van der Waals surface area contributed by atoms with Crippen molar-refractivity contribution < 1.29 is 9.13 Å². The van der Waals surface area contributed by atoms with Crippen LogP contribution >= 0.6 is 14.3 Å². The number of hydrogen-bond donors (Lipinski definition) is 0. The van der Waals surface area contributed by atoms with E-state index in [0.29, 0.717) is 0 Å². The standard InChI is InChI=1S/C45H40O2P2/c1-4-19-40-33(2)30-31-42(48(46,36-21-9-5-10-22-36)37-23-11-6-12-24-37)43(40)44-41-29-18-17-20-35(41)32-34(3)45(44)49(47,38-25-13-7-14-26-38)39-27-15-8-16-28-39/h4-31,34H,32H2,1-3H3/b19-4-. The smallest absolute Gasteiger partial charge is 0.171 e. The third kappa shape index (κ3) is 5.64. The molecule has 0 heterocycles. The van der Waals surface area contributed by atoms with Crippen LogP contribution in [0.15, 0.2) is 169 Å². The number of rotatable bonds is 8. The molecule has 49 heavy (non-hydrogen) atoms. The summed E-state index contributed by atoms with van der Waals surface area (Å²) >= 11 is 0. The predicted molar refractivity (Wildman–Crippen MR) is 210 cm³/mol. The Hall–Kier alpha value is -4.74. The molecule has 2 nitrogen and oxygen atoms in total. The molecule has 1 atom stereocenters. The second-order valence-electron chi connectivity index (χ2n) is 12.8. The molecular weight excluding hydrogens is 634 g/mol. The highest BCUT2D eigenvalue weighted by atomic mass is 31.2. The average Bonchev–Trinajstić information content (AvgIpc) is 3.16. The Morgan fingerprint density at radius 3 is 1.51 bits per heavy atom. The largest absolute Gasteiger partial charge is 0.309 e. The third-order valence-corrected chi connectivity index (χ3v) is 16.2. The van der Waals surface area contributed by atoms with Crippen molar-refractivity contribution in [3.63, 3.8) is 0 Å². The topological polar surface area (TPSA) is 34.1 Å². The third-order valence-electron chi connectivity index (χ3n) is 9.72. The van der Waals surface area contributed by atoms with Crippen molar-refractivity contribution in [2.45, 2.75) is 27.2 Å². The van der Waals surface area contributed by atoms with Gasteiger partial charge in [0.1, 0.15) is 0 Å². The van der Waals surface area contributed by atoms with Crippen molar-refractivity contribution in [1.29, 1.82) is 0 Å². The first kappa shape index (κ1) is 32.8. The molecule has 0 saturated carbocycles. The van der Waals surface area contributed by atoms with Crippen LogP contribution in [0, 0.1) is 12.8 Å². The quantitative estimate of drug-likeness (QED) is 0.151. The lowest BCUT2D eigenvalue weighted by atomic mass is 9.80. The maximum atomic E-state index is 16.5. The summed E-state index contributed by atoms with van der Waals surface area (Å²) in [5, 5.41) is 4.81. The van der Waals surface area contributed by atoms with Gasteiger partial charge in [-0.25, -0.2) is 0 Å². The molecule has 6 aromatic carbocycles. The van der Waals surface area contributed by atoms with Gasteiger partial charge in [0.05, 0.1) is 0 Å². The fourth-order valence-corrected chi connectivity index (χ4v) is 13.7. The van der Waals surface area contributed by atoms with Crippen LogP contribution in [0.25, 0.3) is 11.6 Å². The maximum Gasteiger partial charge on any atom is 0.171 e. The Labute approximate surface area is 290 Å². The molecule has 0 saturated heterocycles. The zero-order chi connectivity index (χ0) is 34.0. The molecule has 0 fully saturated rings. The van der Waals surface area contributed by atoms with Crippen molar-refractivity contribution in [3.05, 3.63) is 197 Å². The zero-order valence-corrected chi connectivity index (χ0v) is 30.0. The summed E-state index contributed by atoms with van der Waals surface area (Å²) in [5.74, 6) is -0.0594. The van der Waals surface area contributed by atoms with Crippen LogP contribution in [-0.2, 0) is 15.6 Å². The zero-order valence-electron chi connectivity index (χ0n) is 28.2. The molecule has 0 aliphatic heterocycles. The molecule has 0 radical (unpaired) electrons. The molecule has 0 amide bonds. The normalized spacial score (nSPS) is 15.0. The molecule has 1 aliphatic rings. The summed E-state index contributed by atoms with van der Waals surface area (Å²) in [6, 6.07) is 52.3. The van der Waals surface area contributed by atoms with E-state index in [2.05, 4.69) is 62.4 Å². The van der Waals surface area contributed by atoms with Crippen LogP contribution in [0.2, 0.25) is 0 Å². The van der Waals surface area contributed by atoms with E-state index in [4.69, 9.17) is 0 Å². The Balaban J connectivity index is 1.72. The Bertz CT molecular complexity index is 2180. The van der Waals surface area contributed by atoms with E-state index >= 15 is 9.13 Å². The van der Waals surface area contributed by atoms with Crippen LogP contribution in [0.5, 0.6) is 0 Å².